The van der Waals surface area contributed by atoms with Crippen LogP contribution in [-0.2, 0) is 19.6 Å². The first kappa shape index (κ1) is 19.8. The van der Waals surface area contributed by atoms with Crippen LogP contribution in [0.3, 0.4) is 0 Å². The van der Waals surface area contributed by atoms with Crippen molar-refractivity contribution in [3.05, 3.63) is 11.8 Å². The molecule has 5 atom stereocenters. The van der Waals surface area contributed by atoms with Crippen LogP contribution in [0.5, 0.6) is 0 Å². The lowest BCUT2D eigenvalue weighted by Gasteiger charge is -2.43. The second-order valence-electron chi connectivity index (χ2n) is 7.57. The van der Waals surface area contributed by atoms with Crippen molar-refractivity contribution in [3.63, 3.8) is 0 Å². The standard InChI is InChI=1S/C17H22N6O5S/c1-9-16-11(2-3-19-9)22-17(25)23(29(16,26)27)7-14(24)21-12-8-28-13-4-10(5-18)6-20-15(12)13/h6,9,11-13,16,19H,2-4,7-8H2,1H3,(H,21,24)(H,22,25)/t9?,11?,12-,13?,16?/m1/s1. The van der Waals surface area contributed by atoms with Crippen LogP contribution in [0.2, 0.25) is 0 Å². The number of nitrogens with zero attached hydrogens (tertiary/aromatic N) is 3. The Morgan fingerprint density at radius 2 is 2.31 bits per heavy atom. The Hall–Kier alpha value is -2.49. The molecule has 0 saturated carbocycles. The summed E-state index contributed by atoms with van der Waals surface area (Å²) in [5.74, 6) is -0.620. The first-order valence-corrected chi connectivity index (χ1v) is 10.9. The summed E-state index contributed by atoms with van der Waals surface area (Å²) < 4.78 is 32.2. The van der Waals surface area contributed by atoms with Crippen molar-refractivity contribution < 1.29 is 22.7 Å². The number of nitrogens with one attached hydrogen (secondary N) is 3. The molecule has 3 amide bonds. The molecule has 12 heteroatoms. The van der Waals surface area contributed by atoms with Crippen molar-refractivity contribution in [1.82, 2.24) is 20.3 Å². The maximum absolute atomic E-state index is 13.0. The van der Waals surface area contributed by atoms with Gasteiger partial charge in [-0.25, -0.2) is 17.5 Å². The van der Waals surface area contributed by atoms with Gasteiger partial charge in [-0.15, -0.1) is 0 Å². The molecule has 4 rings (SSSR count). The Morgan fingerprint density at radius 3 is 3.07 bits per heavy atom. The quantitative estimate of drug-likeness (QED) is 0.505. The number of carbonyl (C=O) groups is 2. The van der Waals surface area contributed by atoms with Crippen LogP contribution >= 0.6 is 0 Å². The fourth-order valence-electron chi connectivity index (χ4n) is 4.28. The first-order valence-electron chi connectivity index (χ1n) is 9.44. The molecule has 0 aromatic rings. The van der Waals surface area contributed by atoms with Crippen molar-refractivity contribution >= 4 is 27.7 Å². The number of urea groups is 1. The van der Waals surface area contributed by atoms with Crippen LogP contribution in [0.15, 0.2) is 16.8 Å². The van der Waals surface area contributed by atoms with Crippen LogP contribution in [0.25, 0.3) is 0 Å². The number of aliphatic imine (C=N–C) groups is 1. The summed E-state index contributed by atoms with van der Waals surface area (Å²) in [5.41, 5.74) is 1.08. The van der Waals surface area contributed by atoms with E-state index in [4.69, 9.17) is 10.00 Å². The molecule has 156 valence electrons. The van der Waals surface area contributed by atoms with Gasteiger partial charge >= 0.3 is 6.03 Å². The molecule has 0 aromatic carbocycles. The molecule has 4 unspecified atom stereocenters. The summed E-state index contributed by atoms with van der Waals surface area (Å²) in [5, 5.41) is 16.6. The van der Waals surface area contributed by atoms with Gasteiger partial charge in [0, 0.05) is 18.7 Å². The fourth-order valence-corrected chi connectivity index (χ4v) is 6.39. The molecule has 11 nitrogen and oxygen atoms in total. The van der Waals surface area contributed by atoms with Crippen molar-refractivity contribution in [3.8, 4) is 6.07 Å². The summed E-state index contributed by atoms with van der Waals surface area (Å²) >= 11 is 0. The van der Waals surface area contributed by atoms with E-state index in [9.17, 15) is 18.0 Å². The topological polar surface area (TPSA) is 153 Å². The van der Waals surface area contributed by atoms with E-state index in [-0.39, 0.29) is 18.8 Å². The lowest BCUT2D eigenvalue weighted by molar-refractivity contribution is -0.121. The molecule has 0 bridgehead atoms. The lowest BCUT2D eigenvalue weighted by atomic mass is 10.00. The van der Waals surface area contributed by atoms with Gasteiger partial charge in [-0.3, -0.25) is 9.79 Å². The van der Waals surface area contributed by atoms with E-state index in [1.54, 1.807) is 6.92 Å². The first-order chi connectivity index (χ1) is 13.8. The van der Waals surface area contributed by atoms with Crippen molar-refractivity contribution in [2.45, 2.75) is 49.2 Å². The molecule has 0 radical (unpaired) electrons. The van der Waals surface area contributed by atoms with Gasteiger partial charge in [0.15, 0.2) is 0 Å². The van der Waals surface area contributed by atoms with Crippen LogP contribution in [0.4, 0.5) is 4.79 Å². The Kier molecular flexibility index (Phi) is 5.05. The van der Waals surface area contributed by atoms with Crippen LogP contribution in [0, 0.1) is 11.3 Å². The molecule has 0 aliphatic carbocycles. The second-order valence-corrected chi connectivity index (χ2v) is 9.59. The van der Waals surface area contributed by atoms with Crippen LogP contribution in [-0.4, -0.2) is 79.5 Å². The number of piperidine rings is 1. The number of rotatable bonds is 3. The van der Waals surface area contributed by atoms with E-state index in [1.807, 2.05) is 6.07 Å². The van der Waals surface area contributed by atoms with Crippen molar-refractivity contribution in [2.24, 2.45) is 4.99 Å². The summed E-state index contributed by atoms with van der Waals surface area (Å²) in [4.78, 5) is 29.1. The van der Waals surface area contributed by atoms with E-state index in [0.29, 0.717) is 35.0 Å². The molecule has 3 N–H and O–H groups in total. The van der Waals surface area contributed by atoms with Gasteiger partial charge in [-0.05, 0) is 19.9 Å². The molecule has 3 fully saturated rings. The predicted molar refractivity (Wildman–Crippen MR) is 101 cm³/mol. The Bertz CT molecular complexity index is 938. The third-order valence-electron chi connectivity index (χ3n) is 5.69. The summed E-state index contributed by atoms with van der Waals surface area (Å²) in [7, 11) is -3.99. The molecule has 4 heterocycles. The molecule has 4 aliphatic rings. The monoisotopic (exact) mass is 422 g/mol. The van der Waals surface area contributed by atoms with Gasteiger partial charge in [0.05, 0.1) is 36.0 Å². The maximum atomic E-state index is 13.0. The smallest absolute Gasteiger partial charge is 0.331 e. The fraction of sp³-hybridized carbons (Fsp3) is 0.647. The maximum Gasteiger partial charge on any atom is 0.331 e. The largest absolute Gasteiger partial charge is 0.369 e. The van der Waals surface area contributed by atoms with Gasteiger partial charge in [0.2, 0.25) is 15.9 Å². The average molecular weight is 422 g/mol. The molecular weight excluding hydrogens is 400 g/mol. The minimum Gasteiger partial charge on any atom is -0.369 e. The van der Waals surface area contributed by atoms with Crippen molar-refractivity contribution in [1.29, 1.82) is 5.26 Å². The Morgan fingerprint density at radius 1 is 1.52 bits per heavy atom. The number of hydrogen-bond acceptors (Lipinski definition) is 8. The van der Waals surface area contributed by atoms with Crippen molar-refractivity contribution in [2.75, 3.05) is 19.7 Å². The number of carbonyl (C=O) groups excluding carboxylic acids is 2. The molecule has 0 aromatic heterocycles. The van der Waals surface area contributed by atoms with E-state index < -0.39 is 45.8 Å². The minimum atomic E-state index is -3.99. The highest BCUT2D eigenvalue weighted by molar-refractivity contribution is 7.90. The molecule has 4 aliphatic heterocycles. The molecule has 29 heavy (non-hydrogen) atoms. The minimum absolute atomic E-state index is 0.173. The number of amides is 3. The zero-order valence-electron chi connectivity index (χ0n) is 15.8. The number of nitriles is 1. The zero-order chi connectivity index (χ0) is 20.8. The van der Waals surface area contributed by atoms with E-state index in [1.165, 1.54) is 6.20 Å². The van der Waals surface area contributed by atoms with Gasteiger partial charge < -0.3 is 20.7 Å². The molecule has 0 spiro atoms. The third-order valence-corrected chi connectivity index (χ3v) is 8.02. The summed E-state index contributed by atoms with van der Waals surface area (Å²) in [6, 6.07) is -0.0887. The number of sulfonamides is 1. The summed E-state index contributed by atoms with van der Waals surface area (Å²) in [6.07, 6.45) is 1.97. The van der Waals surface area contributed by atoms with Gasteiger partial charge in [0.25, 0.3) is 0 Å². The van der Waals surface area contributed by atoms with Gasteiger partial charge in [-0.2, -0.15) is 5.26 Å². The number of fused-ring (bicyclic) bond motifs is 2. The normalized spacial score (nSPS) is 35.4. The highest BCUT2D eigenvalue weighted by Gasteiger charge is 2.50. The van der Waals surface area contributed by atoms with Crippen LogP contribution < -0.4 is 16.0 Å². The number of ether oxygens (including phenoxy) is 1. The Balaban J connectivity index is 1.46. The molecular formula is C17H22N6O5S. The predicted octanol–water partition coefficient (Wildman–Crippen LogP) is -1.40. The highest BCUT2D eigenvalue weighted by atomic mass is 32.2. The lowest BCUT2D eigenvalue weighted by Crippen LogP contribution is -2.70. The van der Waals surface area contributed by atoms with E-state index in [2.05, 4.69) is 20.9 Å². The van der Waals surface area contributed by atoms with E-state index in [0.717, 1.165) is 0 Å². The Labute approximate surface area is 168 Å². The average Bonchev–Trinajstić information content (AvgIpc) is 3.06. The SMILES string of the molecule is CC1NCCC2NC(=O)N(CC(=O)N[C@@H]3COC4CC(C#N)=CN=C43)S(=O)(=O)C12. The van der Waals surface area contributed by atoms with E-state index >= 15 is 0 Å². The third kappa shape index (κ3) is 3.50. The summed E-state index contributed by atoms with van der Waals surface area (Å²) in [6.45, 7) is 1.93. The molecule has 3 saturated heterocycles. The number of hydrogen-bond donors (Lipinski definition) is 3. The second kappa shape index (κ2) is 7.40. The van der Waals surface area contributed by atoms with Crippen LogP contribution in [0.1, 0.15) is 19.8 Å². The van der Waals surface area contributed by atoms with Gasteiger partial charge in [0.1, 0.15) is 17.9 Å². The highest BCUT2D eigenvalue weighted by Crippen LogP contribution is 2.26. The van der Waals surface area contributed by atoms with Gasteiger partial charge in [-0.1, -0.05) is 0 Å². The zero-order valence-corrected chi connectivity index (χ0v) is 16.6.